The van der Waals surface area contributed by atoms with Gasteiger partial charge in [-0.05, 0) is 28.9 Å². The highest BCUT2D eigenvalue weighted by Gasteiger charge is 2.11. The van der Waals surface area contributed by atoms with Gasteiger partial charge in [0.1, 0.15) is 5.82 Å². The van der Waals surface area contributed by atoms with Crippen LogP contribution in [0.5, 0.6) is 0 Å². The highest BCUT2D eigenvalue weighted by atomic mass is 79.9. The molecule has 1 N–H and O–H groups in total. The van der Waals surface area contributed by atoms with E-state index >= 15 is 0 Å². The zero-order valence-electron chi connectivity index (χ0n) is 8.91. The molecule has 2 rings (SSSR count). The number of pyridine rings is 1. The summed E-state index contributed by atoms with van der Waals surface area (Å²) in [6, 6.07) is 1.65. The van der Waals surface area contributed by atoms with E-state index in [0.717, 1.165) is 11.0 Å². The van der Waals surface area contributed by atoms with Crippen molar-refractivity contribution in [3.63, 3.8) is 0 Å². The van der Waals surface area contributed by atoms with E-state index in [1.807, 2.05) is 6.92 Å². The van der Waals surface area contributed by atoms with E-state index < -0.39 is 0 Å². The Morgan fingerprint density at radius 3 is 2.76 bits per heavy atom. The molecule has 0 unspecified atom stereocenters. The number of nitrogens with one attached hydrogen (secondary N) is 1. The zero-order valence-corrected chi connectivity index (χ0v) is 12.0. The van der Waals surface area contributed by atoms with Crippen LogP contribution in [0.1, 0.15) is 6.92 Å². The quantitative estimate of drug-likeness (QED) is 0.928. The molecule has 0 saturated heterocycles. The normalized spacial score (nSPS) is 10.6. The standard InChI is InChI=1S/C10H9BrCl2N4/c1-2-14-9-7(12)3-8(13)10(16-9)17-5-6(11)4-15-17/h3-5H,2H2,1H3,(H,14,16). The fraction of sp³-hybridized carbons (Fsp3) is 0.200. The summed E-state index contributed by atoms with van der Waals surface area (Å²) in [7, 11) is 0. The van der Waals surface area contributed by atoms with Crippen molar-refractivity contribution in [1.82, 2.24) is 14.8 Å². The third-order valence-electron chi connectivity index (χ3n) is 2.02. The SMILES string of the molecule is CCNc1nc(-n2cc(Br)cn2)c(Cl)cc1Cl. The summed E-state index contributed by atoms with van der Waals surface area (Å²) in [5.41, 5.74) is 0. The molecule has 0 aliphatic heterocycles. The largest absolute Gasteiger partial charge is 0.369 e. The zero-order chi connectivity index (χ0) is 12.4. The maximum atomic E-state index is 6.09. The van der Waals surface area contributed by atoms with Gasteiger partial charge >= 0.3 is 0 Å². The van der Waals surface area contributed by atoms with Gasteiger partial charge < -0.3 is 5.32 Å². The maximum absolute atomic E-state index is 6.09. The first kappa shape index (κ1) is 12.7. The Labute approximate surface area is 117 Å². The van der Waals surface area contributed by atoms with Gasteiger partial charge in [-0.3, -0.25) is 0 Å². The molecule has 0 aromatic carbocycles. The van der Waals surface area contributed by atoms with Gasteiger partial charge in [-0.15, -0.1) is 0 Å². The van der Waals surface area contributed by atoms with Crippen molar-refractivity contribution in [2.24, 2.45) is 0 Å². The van der Waals surface area contributed by atoms with Gasteiger partial charge in [0.05, 0.1) is 20.7 Å². The first-order chi connectivity index (χ1) is 8.11. The van der Waals surface area contributed by atoms with E-state index in [9.17, 15) is 0 Å². The lowest BCUT2D eigenvalue weighted by molar-refractivity contribution is 0.847. The maximum Gasteiger partial charge on any atom is 0.174 e. The van der Waals surface area contributed by atoms with Crippen LogP contribution in [0.3, 0.4) is 0 Å². The van der Waals surface area contributed by atoms with Gasteiger partial charge in [-0.1, -0.05) is 23.2 Å². The van der Waals surface area contributed by atoms with Crippen LogP contribution in [-0.2, 0) is 0 Å². The third kappa shape index (κ3) is 2.73. The monoisotopic (exact) mass is 334 g/mol. The first-order valence-electron chi connectivity index (χ1n) is 4.92. The molecule has 17 heavy (non-hydrogen) atoms. The molecule has 0 aliphatic rings. The van der Waals surface area contributed by atoms with Crippen LogP contribution in [0.2, 0.25) is 10.0 Å². The smallest absolute Gasteiger partial charge is 0.174 e. The Balaban J connectivity index is 2.50. The molecule has 90 valence electrons. The fourth-order valence-electron chi connectivity index (χ4n) is 1.33. The Bertz CT molecular complexity index is 541. The Morgan fingerprint density at radius 2 is 2.18 bits per heavy atom. The van der Waals surface area contributed by atoms with Crippen LogP contribution >= 0.6 is 39.1 Å². The fourth-order valence-corrected chi connectivity index (χ4v) is 2.12. The summed E-state index contributed by atoms with van der Waals surface area (Å²) in [6.07, 6.45) is 3.44. The third-order valence-corrected chi connectivity index (χ3v) is 3.00. The number of nitrogens with zero attached hydrogens (tertiary/aromatic N) is 3. The van der Waals surface area contributed by atoms with Crippen molar-refractivity contribution >= 4 is 44.9 Å². The molecule has 2 aromatic rings. The molecule has 0 spiro atoms. The van der Waals surface area contributed by atoms with Crippen molar-refractivity contribution in [3.8, 4) is 5.82 Å². The van der Waals surface area contributed by atoms with Crippen molar-refractivity contribution in [3.05, 3.63) is 33.0 Å². The van der Waals surface area contributed by atoms with Crippen LogP contribution in [0.15, 0.2) is 22.9 Å². The second-order valence-electron chi connectivity index (χ2n) is 3.26. The predicted molar refractivity (Wildman–Crippen MR) is 73.2 cm³/mol. The van der Waals surface area contributed by atoms with E-state index in [-0.39, 0.29) is 0 Å². The molecule has 0 radical (unpaired) electrons. The molecule has 7 heteroatoms. The van der Waals surface area contributed by atoms with E-state index in [1.54, 1.807) is 23.1 Å². The molecule has 2 aromatic heterocycles. The number of halogens is 3. The summed E-state index contributed by atoms with van der Waals surface area (Å²) >= 11 is 15.4. The topological polar surface area (TPSA) is 42.7 Å². The van der Waals surface area contributed by atoms with Gasteiger partial charge in [-0.2, -0.15) is 5.10 Å². The van der Waals surface area contributed by atoms with Gasteiger partial charge in [0.25, 0.3) is 0 Å². The number of hydrogen-bond donors (Lipinski definition) is 1. The molecule has 2 heterocycles. The molecular weight excluding hydrogens is 327 g/mol. The van der Waals surface area contributed by atoms with Crippen molar-refractivity contribution in [2.75, 3.05) is 11.9 Å². The van der Waals surface area contributed by atoms with Crippen LogP contribution < -0.4 is 5.32 Å². The molecule has 0 aliphatic carbocycles. The van der Waals surface area contributed by atoms with Crippen molar-refractivity contribution in [2.45, 2.75) is 6.92 Å². The molecule has 4 nitrogen and oxygen atoms in total. The lowest BCUT2D eigenvalue weighted by Crippen LogP contribution is -2.05. The van der Waals surface area contributed by atoms with E-state index in [2.05, 4.69) is 31.3 Å². The Morgan fingerprint density at radius 1 is 1.41 bits per heavy atom. The van der Waals surface area contributed by atoms with Crippen molar-refractivity contribution in [1.29, 1.82) is 0 Å². The Hall–Kier alpha value is -0.780. The predicted octanol–water partition coefficient (Wildman–Crippen LogP) is 3.77. The minimum atomic E-state index is 0.451. The van der Waals surface area contributed by atoms with Crippen LogP contribution in [-0.4, -0.2) is 21.3 Å². The van der Waals surface area contributed by atoms with Crippen LogP contribution in [0.4, 0.5) is 5.82 Å². The number of aromatic nitrogens is 3. The van der Waals surface area contributed by atoms with Gasteiger partial charge in [0, 0.05) is 12.7 Å². The highest BCUT2D eigenvalue weighted by molar-refractivity contribution is 9.10. The first-order valence-corrected chi connectivity index (χ1v) is 6.47. The van der Waals surface area contributed by atoms with Gasteiger partial charge in [0.2, 0.25) is 0 Å². The summed E-state index contributed by atoms with van der Waals surface area (Å²) in [6.45, 7) is 2.70. The second-order valence-corrected chi connectivity index (χ2v) is 4.99. The molecular formula is C10H9BrCl2N4. The van der Waals surface area contributed by atoms with Gasteiger partial charge in [-0.25, -0.2) is 9.67 Å². The van der Waals surface area contributed by atoms with E-state index in [0.29, 0.717) is 21.7 Å². The molecule has 0 fully saturated rings. The number of hydrogen-bond acceptors (Lipinski definition) is 3. The average Bonchev–Trinajstić information content (AvgIpc) is 2.69. The van der Waals surface area contributed by atoms with Crippen molar-refractivity contribution < 1.29 is 0 Å². The molecule has 0 bridgehead atoms. The van der Waals surface area contributed by atoms with Crippen LogP contribution in [0, 0.1) is 0 Å². The average molecular weight is 336 g/mol. The number of anilines is 1. The van der Waals surface area contributed by atoms with Gasteiger partial charge in [0.15, 0.2) is 5.82 Å². The molecule has 0 amide bonds. The second kappa shape index (κ2) is 5.25. The van der Waals surface area contributed by atoms with E-state index in [4.69, 9.17) is 23.2 Å². The Kier molecular flexibility index (Phi) is 3.91. The summed E-state index contributed by atoms with van der Waals surface area (Å²) < 4.78 is 2.44. The summed E-state index contributed by atoms with van der Waals surface area (Å²) in [4.78, 5) is 4.35. The molecule has 0 atom stereocenters. The number of rotatable bonds is 3. The lowest BCUT2D eigenvalue weighted by atomic mass is 10.4. The highest BCUT2D eigenvalue weighted by Crippen LogP contribution is 2.28. The summed E-state index contributed by atoms with van der Waals surface area (Å²) in [5, 5.41) is 8.14. The minimum Gasteiger partial charge on any atom is -0.369 e. The van der Waals surface area contributed by atoms with E-state index in [1.165, 1.54) is 0 Å². The minimum absolute atomic E-state index is 0.451. The lowest BCUT2D eigenvalue weighted by Gasteiger charge is -2.09. The summed E-state index contributed by atoms with van der Waals surface area (Å²) in [5.74, 6) is 1.14. The van der Waals surface area contributed by atoms with Crippen LogP contribution in [0.25, 0.3) is 5.82 Å². The molecule has 0 saturated carbocycles.